The van der Waals surface area contributed by atoms with Gasteiger partial charge in [0.05, 0.1) is 6.04 Å². The quantitative estimate of drug-likeness (QED) is 0.383. The van der Waals surface area contributed by atoms with E-state index in [0.717, 1.165) is 28.8 Å². The van der Waals surface area contributed by atoms with Crippen molar-refractivity contribution in [3.05, 3.63) is 131 Å². The SMILES string of the molecule is Cc1cccc(NC(=O)COc2ccc3c(c2)C(c2ccccc2)N(C(=O)c2ccccc2)CC3)c1. The lowest BCUT2D eigenvalue weighted by Gasteiger charge is -2.38. The summed E-state index contributed by atoms with van der Waals surface area (Å²) in [6.07, 6.45) is 0.755. The first-order valence-corrected chi connectivity index (χ1v) is 12.1. The Hall–Kier alpha value is -4.38. The van der Waals surface area contributed by atoms with E-state index in [1.807, 2.05) is 115 Å². The third kappa shape index (κ3) is 5.15. The Bertz CT molecular complexity index is 1370. The van der Waals surface area contributed by atoms with Crippen LogP contribution in [0.25, 0.3) is 0 Å². The van der Waals surface area contributed by atoms with Gasteiger partial charge in [-0.25, -0.2) is 0 Å². The molecule has 0 saturated heterocycles. The van der Waals surface area contributed by atoms with Gasteiger partial charge in [0.25, 0.3) is 11.8 Å². The highest BCUT2D eigenvalue weighted by Crippen LogP contribution is 2.38. The minimum atomic E-state index is -0.243. The van der Waals surface area contributed by atoms with Crippen molar-refractivity contribution in [3.8, 4) is 5.75 Å². The van der Waals surface area contributed by atoms with E-state index in [1.165, 1.54) is 5.56 Å². The van der Waals surface area contributed by atoms with Crippen molar-refractivity contribution in [2.75, 3.05) is 18.5 Å². The van der Waals surface area contributed by atoms with Gasteiger partial charge >= 0.3 is 0 Å². The summed E-state index contributed by atoms with van der Waals surface area (Å²) in [6.45, 7) is 2.50. The monoisotopic (exact) mass is 476 g/mol. The topological polar surface area (TPSA) is 58.6 Å². The summed E-state index contributed by atoms with van der Waals surface area (Å²) in [5.41, 5.74) is 5.73. The van der Waals surface area contributed by atoms with Crippen molar-refractivity contribution in [3.63, 3.8) is 0 Å². The summed E-state index contributed by atoms with van der Waals surface area (Å²) in [4.78, 5) is 27.9. The van der Waals surface area contributed by atoms with Crippen molar-refractivity contribution in [2.24, 2.45) is 0 Å². The number of fused-ring (bicyclic) bond motifs is 1. The fourth-order valence-electron chi connectivity index (χ4n) is 4.71. The zero-order valence-electron chi connectivity index (χ0n) is 20.2. The molecule has 0 spiro atoms. The molecule has 5 heteroatoms. The van der Waals surface area contributed by atoms with Crippen LogP contribution in [0.1, 0.15) is 38.7 Å². The Morgan fingerprint density at radius 1 is 0.889 bits per heavy atom. The molecule has 0 fully saturated rings. The summed E-state index contributed by atoms with van der Waals surface area (Å²) >= 11 is 0. The average molecular weight is 477 g/mol. The van der Waals surface area contributed by atoms with Crippen LogP contribution < -0.4 is 10.1 Å². The zero-order valence-corrected chi connectivity index (χ0v) is 20.2. The molecule has 0 bridgehead atoms. The molecule has 1 aliphatic rings. The number of hydrogen-bond donors (Lipinski definition) is 1. The molecule has 0 saturated carbocycles. The molecular formula is C31H28N2O3. The van der Waals surface area contributed by atoms with Crippen LogP contribution in [-0.4, -0.2) is 29.9 Å². The van der Waals surface area contributed by atoms with Crippen LogP contribution in [0, 0.1) is 6.92 Å². The maximum atomic E-state index is 13.5. The van der Waals surface area contributed by atoms with Crippen LogP contribution in [0.15, 0.2) is 103 Å². The number of anilines is 1. The molecule has 5 nitrogen and oxygen atoms in total. The van der Waals surface area contributed by atoms with E-state index in [-0.39, 0.29) is 24.5 Å². The largest absolute Gasteiger partial charge is 0.484 e. The van der Waals surface area contributed by atoms with Crippen LogP contribution in [0.3, 0.4) is 0 Å². The lowest BCUT2D eigenvalue weighted by atomic mass is 9.87. The van der Waals surface area contributed by atoms with E-state index in [2.05, 4.69) is 5.32 Å². The predicted octanol–water partition coefficient (Wildman–Crippen LogP) is 5.80. The lowest BCUT2D eigenvalue weighted by molar-refractivity contribution is -0.118. The Morgan fingerprint density at radius 2 is 1.64 bits per heavy atom. The summed E-state index contributed by atoms with van der Waals surface area (Å²) in [5.74, 6) is 0.376. The Kier molecular flexibility index (Phi) is 6.80. The van der Waals surface area contributed by atoms with Crippen LogP contribution in [0.5, 0.6) is 5.75 Å². The molecule has 5 rings (SSSR count). The Morgan fingerprint density at radius 3 is 2.39 bits per heavy atom. The molecule has 2 amide bonds. The molecule has 1 aliphatic heterocycles. The van der Waals surface area contributed by atoms with Gasteiger partial charge in [-0.15, -0.1) is 0 Å². The second kappa shape index (κ2) is 10.5. The number of nitrogens with zero attached hydrogens (tertiary/aromatic N) is 1. The first kappa shape index (κ1) is 23.4. The van der Waals surface area contributed by atoms with Gasteiger partial charge in [0.1, 0.15) is 5.75 Å². The normalized spacial score (nSPS) is 14.6. The van der Waals surface area contributed by atoms with Gasteiger partial charge in [-0.3, -0.25) is 9.59 Å². The summed E-state index contributed by atoms with van der Waals surface area (Å²) in [5, 5.41) is 2.87. The molecule has 180 valence electrons. The number of aryl methyl sites for hydroxylation is 1. The second-order valence-corrected chi connectivity index (χ2v) is 8.99. The highest BCUT2D eigenvalue weighted by atomic mass is 16.5. The van der Waals surface area contributed by atoms with E-state index in [1.54, 1.807) is 0 Å². The molecule has 1 unspecified atom stereocenters. The smallest absolute Gasteiger partial charge is 0.262 e. The van der Waals surface area contributed by atoms with Gasteiger partial charge in [-0.1, -0.05) is 66.7 Å². The van der Waals surface area contributed by atoms with E-state index < -0.39 is 0 Å². The van der Waals surface area contributed by atoms with Crippen LogP contribution >= 0.6 is 0 Å². The third-order valence-corrected chi connectivity index (χ3v) is 6.41. The molecule has 1 N–H and O–H groups in total. The first-order chi connectivity index (χ1) is 17.6. The second-order valence-electron chi connectivity index (χ2n) is 8.99. The van der Waals surface area contributed by atoms with E-state index >= 15 is 0 Å². The van der Waals surface area contributed by atoms with Crippen molar-refractivity contribution in [1.82, 2.24) is 4.90 Å². The lowest BCUT2D eigenvalue weighted by Crippen LogP contribution is -2.40. The highest BCUT2D eigenvalue weighted by Gasteiger charge is 2.32. The Labute approximate surface area is 211 Å². The fraction of sp³-hybridized carbons (Fsp3) is 0.161. The standard InChI is InChI=1S/C31H28N2O3/c1-22-9-8-14-26(19-22)32-29(34)21-36-27-16-15-23-17-18-33(31(35)25-12-6-3-7-13-25)30(28(23)20-27)24-10-4-2-5-11-24/h2-16,19-20,30H,17-18,21H2,1H3,(H,32,34). The number of ether oxygens (including phenoxy) is 1. The molecule has 4 aromatic carbocycles. The Balaban J connectivity index is 1.40. The van der Waals surface area contributed by atoms with Crippen LogP contribution in [0.4, 0.5) is 5.69 Å². The molecule has 0 aliphatic carbocycles. The molecule has 1 atom stereocenters. The summed E-state index contributed by atoms with van der Waals surface area (Å²) in [6, 6.07) is 32.8. The third-order valence-electron chi connectivity index (χ3n) is 6.41. The molecule has 36 heavy (non-hydrogen) atoms. The molecule has 0 radical (unpaired) electrons. The van der Waals surface area contributed by atoms with Crippen LogP contribution in [0.2, 0.25) is 0 Å². The van der Waals surface area contributed by atoms with Gasteiger partial charge in [0, 0.05) is 17.8 Å². The number of rotatable bonds is 6. The minimum Gasteiger partial charge on any atom is -0.484 e. The molecular weight excluding hydrogens is 448 g/mol. The average Bonchev–Trinajstić information content (AvgIpc) is 2.91. The van der Waals surface area contributed by atoms with Crippen molar-refractivity contribution >= 4 is 17.5 Å². The number of carbonyl (C=O) groups excluding carboxylic acids is 2. The molecule has 1 heterocycles. The summed E-state index contributed by atoms with van der Waals surface area (Å²) < 4.78 is 5.89. The van der Waals surface area contributed by atoms with Crippen molar-refractivity contribution in [2.45, 2.75) is 19.4 Å². The first-order valence-electron chi connectivity index (χ1n) is 12.1. The van der Waals surface area contributed by atoms with Gasteiger partial charge in [0.2, 0.25) is 0 Å². The molecule has 0 aromatic heterocycles. The number of carbonyl (C=O) groups is 2. The van der Waals surface area contributed by atoms with E-state index in [9.17, 15) is 9.59 Å². The zero-order chi connectivity index (χ0) is 24.9. The summed E-state index contributed by atoms with van der Waals surface area (Å²) in [7, 11) is 0. The van der Waals surface area contributed by atoms with Gasteiger partial charge < -0.3 is 15.0 Å². The highest BCUT2D eigenvalue weighted by molar-refractivity contribution is 5.95. The van der Waals surface area contributed by atoms with E-state index in [0.29, 0.717) is 17.9 Å². The van der Waals surface area contributed by atoms with Gasteiger partial charge in [-0.2, -0.15) is 0 Å². The van der Waals surface area contributed by atoms with Crippen molar-refractivity contribution in [1.29, 1.82) is 0 Å². The van der Waals surface area contributed by atoms with E-state index in [4.69, 9.17) is 4.74 Å². The fourth-order valence-corrected chi connectivity index (χ4v) is 4.71. The molecule has 4 aromatic rings. The minimum absolute atomic E-state index is 0.000966. The number of nitrogens with one attached hydrogen (secondary N) is 1. The number of amides is 2. The van der Waals surface area contributed by atoms with Crippen molar-refractivity contribution < 1.29 is 14.3 Å². The van der Waals surface area contributed by atoms with Gasteiger partial charge in [0.15, 0.2) is 6.61 Å². The van der Waals surface area contributed by atoms with Gasteiger partial charge in [-0.05, 0) is 72.0 Å². The number of benzene rings is 4. The maximum Gasteiger partial charge on any atom is 0.262 e. The van der Waals surface area contributed by atoms with Crippen LogP contribution in [-0.2, 0) is 11.2 Å². The predicted molar refractivity (Wildman–Crippen MR) is 141 cm³/mol. The number of hydrogen-bond acceptors (Lipinski definition) is 3. The maximum absolute atomic E-state index is 13.5.